The highest BCUT2D eigenvalue weighted by atomic mass is 127. The minimum atomic E-state index is 0. The van der Waals surface area contributed by atoms with Crippen molar-refractivity contribution < 1.29 is 4.42 Å². The fourth-order valence-corrected chi connectivity index (χ4v) is 2.75. The van der Waals surface area contributed by atoms with Crippen LogP contribution in [-0.4, -0.2) is 43.6 Å². The smallest absolute Gasteiger partial charge is 0.191 e. The van der Waals surface area contributed by atoms with Crippen LogP contribution in [0.4, 0.5) is 0 Å². The fourth-order valence-electron chi connectivity index (χ4n) is 2.75. The summed E-state index contributed by atoms with van der Waals surface area (Å²) in [6.07, 6.45) is 6.84. The molecule has 2 N–H and O–H groups in total. The maximum absolute atomic E-state index is 5.63. The summed E-state index contributed by atoms with van der Waals surface area (Å²) in [6.45, 7) is 3.14. The second kappa shape index (κ2) is 8.03. The molecule has 3 rings (SSSR count). The summed E-state index contributed by atoms with van der Waals surface area (Å²) in [6, 6.07) is 4.96. The molecule has 1 aromatic rings. The molecule has 1 aromatic heterocycles. The molecule has 1 saturated carbocycles. The van der Waals surface area contributed by atoms with Gasteiger partial charge in [-0.1, -0.05) is 0 Å². The number of hydrogen-bond donors (Lipinski definition) is 2. The lowest BCUT2D eigenvalue weighted by atomic mass is 10.2. The molecule has 118 valence electrons. The third-order valence-corrected chi connectivity index (χ3v) is 4.06. The second-order valence-corrected chi connectivity index (χ2v) is 5.65. The monoisotopic (exact) mass is 404 g/mol. The topological polar surface area (TPSA) is 52.8 Å². The SMILES string of the molecule is CN=C(NCC(c1ccco1)N1CCCC1)NC1CC1.I. The van der Waals surface area contributed by atoms with Crippen LogP contribution in [0.5, 0.6) is 0 Å². The number of guanidine groups is 1. The normalized spacial score (nSPS) is 20.9. The molecule has 2 aliphatic rings. The zero-order valence-corrected chi connectivity index (χ0v) is 14.9. The van der Waals surface area contributed by atoms with E-state index < -0.39 is 0 Å². The molecule has 1 aliphatic heterocycles. The van der Waals surface area contributed by atoms with E-state index in [9.17, 15) is 0 Å². The van der Waals surface area contributed by atoms with Crippen molar-refractivity contribution in [3.63, 3.8) is 0 Å². The lowest BCUT2D eigenvalue weighted by molar-refractivity contribution is 0.215. The molecule has 1 unspecified atom stereocenters. The number of aliphatic imine (C=N–C) groups is 1. The van der Waals surface area contributed by atoms with Gasteiger partial charge in [0.25, 0.3) is 0 Å². The molecule has 2 heterocycles. The van der Waals surface area contributed by atoms with Crippen molar-refractivity contribution in [3.8, 4) is 0 Å². The number of furan rings is 1. The summed E-state index contributed by atoms with van der Waals surface area (Å²) in [7, 11) is 1.83. The lowest BCUT2D eigenvalue weighted by Gasteiger charge is -2.26. The standard InChI is InChI=1S/C15H24N4O.HI/c1-16-15(18-12-6-7-12)17-11-13(14-5-4-10-20-14)19-8-2-3-9-19;/h4-5,10,12-13H,2-3,6-9,11H2,1H3,(H2,16,17,18);1H. The van der Waals surface area contributed by atoms with E-state index in [4.69, 9.17) is 4.42 Å². The maximum atomic E-state index is 5.63. The van der Waals surface area contributed by atoms with Gasteiger partial charge in [0.05, 0.1) is 12.3 Å². The van der Waals surface area contributed by atoms with Crippen LogP contribution < -0.4 is 10.6 Å². The molecule has 1 aliphatic carbocycles. The molecular formula is C15H25IN4O. The first-order valence-electron chi connectivity index (χ1n) is 7.61. The summed E-state index contributed by atoms with van der Waals surface area (Å²) in [5.74, 6) is 1.95. The number of halogens is 1. The minimum absolute atomic E-state index is 0. The van der Waals surface area contributed by atoms with Crippen LogP contribution in [0.3, 0.4) is 0 Å². The molecular weight excluding hydrogens is 379 g/mol. The summed E-state index contributed by atoms with van der Waals surface area (Å²) >= 11 is 0. The van der Waals surface area contributed by atoms with Crippen molar-refractivity contribution in [3.05, 3.63) is 24.2 Å². The van der Waals surface area contributed by atoms with Gasteiger partial charge in [0.1, 0.15) is 5.76 Å². The average Bonchev–Trinajstić information content (AvgIpc) is 2.97. The first-order valence-corrected chi connectivity index (χ1v) is 7.61. The van der Waals surface area contributed by atoms with Gasteiger partial charge in [-0.05, 0) is 50.9 Å². The van der Waals surface area contributed by atoms with Gasteiger partial charge in [0.15, 0.2) is 5.96 Å². The molecule has 0 radical (unpaired) electrons. The van der Waals surface area contributed by atoms with Crippen LogP contribution in [-0.2, 0) is 0 Å². The fraction of sp³-hybridized carbons (Fsp3) is 0.667. The highest BCUT2D eigenvalue weighted by Crippen LogP contribution is 2.25. The number of likely N-dealkylation sites (tertiary alicyclic amines) is 1. The number of rotatable bonds is 5. The van der Waals surface area contributed by atoms with Crippen molar-refractivity contribution in [2.75, 3.05) is 26.7 Å². The maximum Gasteiger partial charge on any atom is 0.191 e. The highest BCUT2D eigenvalue weighted by molar-refractivity contribution is 14.0. The van der Waals surface area contributed by atoms with E-state index in [1.165, 1.54) is 25.7 Å². The van der Waals surface area contributed by atoms with E-state index in [2.05, 4.69) is 26.6 Å². The quantitative estimate of drug-likeness (QED) is 0.450. The number of hydrogen-bond acceptors (Lipinski definition) is 3. The Labute approximate surface area is 143 Å². The Bertz CT molecular complexity index is 439. The molecule has 0 spiro atoms. The molecule has 1 saturated heterocycles. The summed E-state index contributed by atoms with van der Waals surface area (Å²) < 4.78 is 5.63. The molecule has 0 amide bonds. The average molecular weight is 404 g/mol. The van der Waals surface area contributed by atoms with E-state index in [-0.39, 0.29) is 24.0 Å². The van der Waals surface area contributed by atoms with E-state index in [1.807, 2.05) is 13.1 Å². The van der Waals surface area contributed by atoms with E-state index >= 15 is 0 Å². The lowest BCUT2D eigenvalue weighted by Crippen LogP contribution is -2.43. The van der Waals surface area contributed by atoms with Crippen molar-refractivity contribution in [1.29, 1.82) is 0 Å². The van der Waals surface area contributed by atoms with E-state index in [1.54, 1.807) is 6.26 Å². The van der Waals surface area contributed by atoms with E-state index in [0.29, 0.717) is 12.1 Å². The van der Waals surface area contributed by atoms with Gasteiger partial charge in [0, 0.05) is 19.6 Å². The Kier molecular flexibility index (Phi) is 6.35. The van der Waals surface area contributed by atoms with Gasteiger partial charge in [-0.25, -0.2) is 0 Å². The Morgan fingerprint density at radius 1 is 1.43 bits per heavy atom. The zero-order chi connectivity index (χ0) is 13.8. The molecule has 0 bridgehead atoms. The molecule has 0 aromatic carbocycles. The van der Waals surface area contributed by atoms with Gasteiger partial charge < -0.3 is 15.1 Å². The minimum Gasteiger partial charge on any atom is -0.468 e. The van der Waals surface area contributed by atoms with Gasteiger partial charge in [-0.2, -0.15) is 0 Å². The largest absolute Gasteiger partial charge is 0.468 e. The van der Waals surface area contributed by atoms with E-state index in [0.717, 1.165) is 31.4 Å². The number of nitrogens with one attached hydrogen (secondary N) is 2. The van der Waals surface area contributed by atoms with Crippen LogP contribution >= 0.6 is 24.0 Å². The third-order valence-electron chi connectivity index (χ3n) is 4.06. The molecule has 1 atom stereocenters. The van der Waals surface area contributed by atoms with Gasteiger partial charge in [-0.3, -0.25) is 9.89 Å². The van der Waals surface area contributed by atoms with Crippen LogP contribution in [0.15, 0.2) is 27.8 Å². The van der Waals surface area contributed by atoms with Crippen molar-refractivity contribution in [2.45, 2.75) is 37.8 Å². The van der Waals surface area contributed by atoms with Gasteiger partial charge in [-0.15, -0.1) is 24.0 Å². The Hall–Kier alpha value is -0.760. The van der Waals surface area contributed by atoms with Crippen molar-refractivity contribution in [1.82, 2.24) is 15.5 Å². The molecule has 6 heteroatoms. The Morgan fingerprint density at radius 2 is 2.19 bits per heavy atom. The first kappa shape index (κ1) is 16.6. The van der Waals surface area contributed by atoms with Crippen molar-refractivity contribution >= 4 is 29.9 Å². The highest BCUT2D eigenvalue weighted by Gasteiger charge is 2.27. The van der Waals surface area contributed by atoms with Crippen molar-refractivity contribution in [2.24, 2.45) is 4.99 Å². The Balaban J connectivity index is 0.00000161. The van der Waals surface area contributed by atoms with Crippen LogP contribution in [0.25, 0.3) is 0 Å². The van der Waals surface area contributed by atoms with Gasteiger partial charge in [0.2, 0.25) is 0 Å². The molecule has 21 heavy (non-hydrogen) atoms. The number of nitrogens with zero attached hydrogens (tertiary/aromatic N) is 2. The Morgan fingerprint density at radius 3 is 2.76 bits per heavy atom. The summed E-state index contributed by atoms with van der Waals surface area (Å²) in [4.78, 5) is 6.79. The first-order chi connectivity index (χ1) is 9.86. The van der Waals surface area contributed by atoms with Crippen LogP contribution in [0.1, 0.15) is 37.5 Å². The summed E-state index contributed by atoms with van der Waals surface area (Å²) in [5, 5.41) is 6.86. The zero-order valence-electron chi connectivity index (χ0n) is 12.5. The molecule has 5 nitrogen and oxygen atoms in total. The van der Waals surface area contributed by atoms with Crippen LogP contribution in [0.2, 0.25) is 0 Å². The predicted molar refractivity (Wildman–Crippen MR) is 95.2 cm³/mol. The van der Waals surface area contributed by atoms with Crippen LogP contribution in [0, 0.1) is 0 Å². The molecule has 2 fully saturated rings. The second-order valence-electron chi connectivity index (χ2n) is 5.65. The third kappa shape index (κ3) is 4.60. The predicted octanol–water partition coefficient (Wildman–Crippen LogP) is 2.36. The summed E-state index contributed by atoms with van der Waals surface area (Å²) in [5.41, 5.74) is 0. The van der Waals surface area contributed by atoms with Gasteiger partial charge >= 0.3 is 0 Å².